The number of carboxylic acids is 1. The number of hydrogen-bond donors (Lipinski definition) is 2. The molecular weight excluding hydrogens is 222 g/mol. The van der Waals surface area contributed by atoms with Crippen molar-refractivity contribution >= 4 is 5.97 Å². The maximum Gasteiger partial charge on any atom is 0.332 e. The van der Waals surface area contributed by atoms with Crippen molar-refractivity contribution in [1.29, 1.82) is 0 Å². The second-order valence-corrected chi connectivity index (χ2v) is 5.08. The molecule has 0 aromatic heterocycles. The highest BCUT2D eigenvalue weighted by Crippen LogP contribution is 2.16. The fourth-order valence-corrected chi connectivity index (χ4v) is 1.93. The summed E-state index contributed by atoms with van der Waals surface area (Å²) in [6, 6.07) is 0. The van der Waals surface area contributed by atoms with Crippen LogP contribution in [0.1, 0.15) is 33.6 Å². The van der Waals surface area contributed by atoms with E-state index in [2.05, 4.69) is 5.32 Å². The van der Waals surface area contributed by atoms with Crippen LogP contribution < -0.4 is 5.32 Å². The average Bonchev–Trinajstić information content (AvgIpc) is 2.22. The molecule has 5 nitrogen and oxygen atoms in total. The monoisotopic (exact) mass is 245 g/mol. The van der Waals surface area contributed by atoms with Gasteiger partial charge in [0.15, 0.2) is 6.10 Å². The van der Waals surface area contributed by atoms with Gasteiger partial charge in [0.2, 0.25) is 0 Å². The van der Waals surface area contributed by atoms with Crippen molar-refractivity contribution in [2.24, 2.45) is 0 Å². The quantitative estimate of drug-likeness (QED) is 0.731. The molecule has 17 heavy (non-hydrogen) atoms. The Kier molecular flexibility index (Phi) is 5.36. The second-order valence-electron chi connectivity index (χ2n) is 5.08. The molecule has 1 aliphatic rings. The van der Waals surface area contributed by atoms with E-state index in [-0.39, 0.29) is 11.7 Å². The number of aliphatic carboxylic acids is 1. The Hall–Kier alpha value is -0.650. The summed E-state index contributed by atoms with van der Waals surface area (Å²) in [5, 5.41) is 12.2. The van der Waals surface area contributed by atoms with Crippen LogP contribution in [0, 0.1) is 0 Å². The molecule has 1 fully saturated rings. The molecule has 0 amide bonds. The number of rotatable bonds is 6. The van der Waals surface area contributed by atoms with Crippen LogP contribution in [0.4, 0.5) is 0 Å². The summed E-state index contributed by atoms with van der Waals surface area (Å²) in [4.78, 5) is 10.9. The maximum absolute atomic E-state index is 10.9. The van der Waals surface area contributed by atoms with Crippen molar-refractivity contribution in [3.05, 3.63) is 0 Å². The molecule has 1 rings (SSSR count). The first-order chi connectivity index (χ1) is 7.94. The highest BCUT2D eigenvalue weighted by Gasteiger charge is 2.29. The van der Waals surface area contributed by atoms with Gasteiger partial charge in [0.1, 0.15) is 0 Å². The van der Waals surface area contributed by atoms with Gasteiger partial charge in [-0.05, 0) is 20.3 Å². The van der Waals surface area contributed by atoms with Gasteiger partial charge in [-0.15, -0.1) is 0 Å². The Morgan fingerprint density at radius 3 is 2.88 bits per heavy atom. The molecule has 1 saturated heterocycles. The van der Waals surface area contributed by atoms with Gasteiger partial charge in [0.05, 0.1) is 18.3 Å². The fourth-order valence-electron chi connectivity index (χ4n) is 1.93. The maximum atomic E-state index is 10.9. The number of carbonyl (C=O) groups is 1. The molecule has 2 atom stereocenters. The van der Waals surface area contributed by atoms with E-state index >= 15 is 0 Å². The van der Waals surface area contributed by atoms with Crippen molar-refractivity contribution in [3.63, 3.8) is 0 Å². The standard InChI is InChI=1S/C12H23NO4/c1-4-5-10(11(14)15)16-7-9-6-13-8-12(2,3)17-9/h9-10,13H,4-8H2,1-3H3,(H,14,15). The number of hydrogen-bond acceptors (Lipinski definition) is 4. The van der Waals surface area contributed by atoms with E-state index in [1.54, 1.807) is 0 Å². The predicted octanol–water partition coefficient (Wildman–Crippen LogP) is 1.02. The Bertz CT molecular complexity index is 255. The summed E-state index contributed by atoms with van der Waals surface area (Å²) in [6.07, 6.45) is 0.552. The Morgan fingerprint density at radius 2 is 2.35 bits per heavy atom. The van der Waals surface area contributed by atoms with Gasteiger partial charge >= 0.3 is 5.97 Å². The van der Waals surface area contributed by atoms with Gasteiger partial charge in [-0.3, -0.25) is 0 Å². The third-order valence-corrected chi connectivity index (χ3v) is 2.72. The molecule has 0 saturated carbocycles. The first-order valence-corrected chi connectivity index (χ1v) is 6.17. The summed E-state index contributed by atoms with van der Waals surface area (Å²) in [6.45, 7) is 7.80. The molecule has 2 unspecified atom stereocenters. The molecule has 5 heteroatoms. The molecule has 1 aliphatic heterocycles. The highest BCUT2D eigenvalue weighted by molar-refractivity contribution is 5.72. The van der Waals surface area contributed by atoms with E-state index in [4.69, 9.17) is 14.6 Å². The van der Waals surface area contributed by atoms with Gasteiger partial charge < -0.3 is 19.9 Å². The first-order valence-electron chi connectivity index (χ1n) is 6.17. The van der Waals surface area contributed by atoms with Crippen LogP contribution >= 0.6 is 0 Å². The van der Waals surface area contributed by atoms with Crippen molar-refractivity contribution in [2.75, 3.05) is 19.7 Å². The van der Waals surface area contributed by atoms with Gasteiger partial charge in [0, 0.05) is 13.1 Å². The van der Waals surface area contributed by atoms with Crippen molar-refractivity contribution < 1.29 is 19.4 Å². The molecule has 0 bridgehead atoms. The average molecular weight is 245 g/mol. The molecular formula is C12H23NO4. The zero-order chi connectivity index (χ0) is 12.9. The summed E-state index contributed by atoms with van der Waals surface area (Å²) < 4.78 is 11.2. The molecule has 0 radical (unpaired) electrons. The van der Waals surface area contributed by atoms with E-state index in [9.17, 15) is 4.79 Å². The van der Waals surface area contributed by atoms with Gasteiger partial charge in [-0.2, -0.15) is 0 Å². The van der Waals surface area contributed by atoms with E-state index < -0.39 is 12.1 Å². The van der Waals surface area contributed by atoms with Crippen LogP contribution in [0.15, 0.2) is 0 Å². The van der Waals surface area contributed by atoms with Crippen molar-refractivity contribution in [3.8, 4) is 0 Å². The van der Waals surface area contributed by atoms with Crippen LogP contribution in [0.25, 0.3) is 0 Å². The minimum Gasteiger partial charge on any atom is -0.479 e. The molecule has 1 heterocycles. The largest absolute Gasteiger partial charge is 0.479 e. The van der Waals surface area contributed by atoms with E-state index in [1.807, 2.05) is 20.8 Å². The second kappa shape index (κ2) is 6.33. The summed E-state index contributed by atoms with van der Waals surface area (Å²) in [5.41, 5.74) is -0.213. The van der Waals surface area contributed by atoms with Crippen molar-refractivity contribution in [1.82, 2.24) is 5.32 Å². The Balaban J connectivity index is 2.35. The van der Waals surface area contributed by atoms with Gasteiger partial charge in [0.25, 0.3) is 0 Å². The zero-order valence-corrected chi connectivity index (χ0v) is 10.9. The molecule has 100 valence electrons. The molecule has 0 aliphatic carbocycles. The predicted molar refractivity (Wildman–Crippen MR) is 64.1 cm³/mol. The molecule has 0 spiro atoms. The first kappa shape index (κ1) is 14.4. The highest BCUT2D eigenvalue weighted by atomic mass is 16.6. The summed E-state index contributed by atoms with van der Waals surface area (Å²) in [5.74, 6) is -0.894. The van der Waals surface area contributed by atoms with Crippen molar-refractivity contribution in [2.45, 2.75) is 51.4 Å². The van der Waals surface area contributed by atoms with Crippen LogP contribution in [-0.2, 0) is 14.3 Å². The lowest BCUT2D eigenvalue weighted by Gasteiger charge is -2.36. The molecule has 0 aromatic carbocycles. The normalized spacial score (nSPS) is 25.5. The number of nitrogens with one attached hydrogen (secondary N) is 1. The lowest BCUT2D eigenvalue weighted by Crippen LogP contribution is -2.52. The fraction of sp³-hybridized carbons (Fsp3) is 0.917. The van der Waals surface area contributed by atoms with Gasteiger partial charge in [-0.25, -0.2) is 4.79 Å². The Labute approximate surface area is 102 Å². The van der Waals surface area contributed by atoms with Crippen LogP contribution in [0.3, 0.4) is 0 Å². The zero-order valence-electron chi connectivity index (χ0n) is 10.9. The van der Waals surface area contributed by atoms with E-state index in [0.29, 0.717) is 19.6 Å². The van der Waals surface area contributed by atoms with Crippen LogP contribution in [0.2, 0.25) is 0 Å². The minimum absolute atomic E-state index is 0.0718. The third-order valence-electron chi connectivity index (χ3n) is 2.72. The number of ether oxygens (including phenoxy) is 2. The summed E-state index contributed by atoms with van der Waals surface area (Å²) in [7, 11) is 0. The van der Waals surface area contributed by atoms with Gasteiger partial charge in [-0.1, -0.05) is 13.3 Å². The SMILES string of the molecule is CCCC(OCC1CNCC(C)(C)O1)C(=O)O. The number of morpholine rings is 1. The van der Waals surface area contributed by atoms with Crippen LogP contribution in [0.5, 0.6) is 0 Å². The molecule has 2 N–H and O–H groups in total. The number of carboxylic acid groups (broad SMARTS) is 1. The third kappa shape index (κ3) is 5.02. The van der Waals surface area contributed by atoms with E-state index in [0.717, 1.165) is 13.0 Å². The van der Waals surface area contributed by atoms with E-state index in [1.165, 1.54) is 0 Å². The molecule has 0 aromatic rings. The smallest absolute Gasteiger partial charge is 0.332 e. The minimum atomic E-state index is -0.894. The summed E-state index contributed by atoms with van der Waals surface area (Å²) >= 11 is 0. The lowest BCUT2D eigenvalue weighted by molar-refractivity contribution is -0.160. The Morgan fingerprint density at radius 1 is 1.65 bits per heavy atom. The lowest BCUT2D eigenvalue weighted by atomic mass is 10.1. The van der Waals surface area contributed by atoms with Crippen LogP contribution in [-0.4, -0.2) is 48.6 Å². The topological polar surface area (TPSA) is 67.8 Å².